The molecule has 2 aromatic rings. The molecule has 2 amide bonds. The standard InChI is InChI=1S/C15H17N3O5/c1-2-21-15(20)18-7-5-17(6-8-18)14(19)11-10-13(23-16-11)12-4-3-9-22-12/h3-4,9-10H,2,5-8H2,1H3. The highest BCUT2D eigenvalue weighted by atomic mass is 16.6. The molecule has 1 aliphatic heterocycles. The van der Waals surface area contributed by atoms with Gasteiger partial charge in [-0.1, -0.05) is 5.16 Å². The molecule has 0 N–H and O–H groups in total. The summed E-state index contributed by atoms with van der Waals surface area (Å²) in [6.07, 6.45) is 1.18. The van der Waals surface area contributed by atoms with Gasteiger partial charge in [0.1, 0.15) is 0 Å². The predicted octanol–water partition coefficient (Wildman–Crippen LogP) is 1.85. The van der Waals surface area contributed by atoms with Gasteiger partial charge in [0.2, 0.25) is 5.76 Å². The second kappa shape index (κ2) is 6.55. The smallest absolute Gasteiger partial charge is 0.409 e. The number of amides is 2. The number of rotatable bonds is 3. The highest BCUT2D eigenvalue weighted by molar-refractivity contribution is 5.93. The van der Waals surface area contributed by atoms with Gasteiger partial charge in [0.05, 0.1) is 12.9 Å². The van der Waals surface area contributed by atoms with Crippen molar-refractivity contribution in [2.24, 2.45) is 0 Å². The molecular formula is C15H17N3O5. The lowest BCUT2D eigenvalue weighted by atomic mass is 10.2. The number of aromatic nitrogens is 1. The normalized spacial score (nSPS) is 14.8. The van der Waals surface area contributed by atoms with Crippen LogP contribution in [0.4, 0.5) is 4.79 Å². The average Bonchev–Trinajstić information content (AvgIpc) is 3.25. The lowest BCUT2D eigenvalue weighted by molar-refractivity contribution is 0.0562. The Kier molecular flexibility index (Phi) is 4.31. The Bertz CT molecular complexity index is 671. The van der Waals surface area contributed by atoms with Gasteiger partial charge in [-0.3, -0.25) is 4.79 Å². The summed E-state index contributed by atoms with van der Waals surface area (Å²) in [6.45, 7) is 3.84. The molecule has 0 radical (unpaired) electrons. The van der Waals surface area contributed by atoms with Gasteiger partial charge in [-0.2, -0.15) is 0 Å². The number of furan rings is 1. The summed E-state index contributed by atoms with van der Waals surface area (Å²) in [6, 6.07) is 5.01. The van der Waals surface area contributed by atoms with Gasteiger partial charge < -0.3 is 23.5 Å². The van der Waals surface area contributed by atoms with Gasteiger partial charge >= 0.3 is 6.09 Å². The van der Waals surface area contributed by atoms with Crippen LogP contribution in [-0.4, -0.2) is 59.7 Å². The molecule has 122 valence electrons. The van der Waals surface area contributed by atoms with E-state index in [0.29, 0.717) is 44.3 Å². The van der Waals surface area contributed by atoms with Crippen molar-refractivity contribution in [2.45, 2.75) is 6.92 Å². The van der Waals surface area contributed by atoms with Crippen LogP contribution in [-0.2, 0) is 4.74 Å². The first-order valence-electron chi connectivity index (χ1n) is 7.40. The molecule has 0 unspecified atom stereocenters. The summed E-state index contributed by atoms with van der Waals surface area (Å²) in [7, 11) is 0. The number of nitrogens with zero attached hydrogens (tertiary/aromatic N) is 3. The van der Waals surface area contributed by atoms with Crippen molar-refractivity contribution in [3.8, 4) is 11.5 Å². The molecule has 8 heteroatoms. The molecule has 0 aromatic carbocycles. The van der Waals surface area contributed by atoms with Crippen LogP contribution in [0.2, 0.25) is 0 Å². The van der Waals surface area contributed by atoms with Gasteiger partial charge in [-0.05, 0) is 19.1 Å². The second-order valence-corrected chi connectivity index (χ2v) is 5.03. The maximum absolute atomic E-state index is 12.4. The summed E-state index contributed by atoms with van der Waals surface area (Å²) in [5.74, 6) is 0.697. The third-order valence-electron chi connectivity index (χ3n) is 3.59. The Morgan fingerprint density at radius 3 is 2.61 bits per heavy atom. The first-order chi connectivity index (χ1) is 11.2. The number of hydrogen-bond donors (Lipinski definition) is 0. The van der Waals surface area contributed by atoms with Crippen LogP contribution in [0.25, 0.3) is 11.5 Å². The maximum atomic E-state index is 12.4. The van der Waals surface area contributed by atoms with Crippen LogP contribution in [0, 0.1) is 0 Å². The van der Waals surface area contributed by atoms with E-state index < -0.39 is 0 Å². The van der Waals surface area contributed by atoms with E-state index in [-0.39, 0.29) is 17.7 Å². The summed E-state index contributed by atoms with van der Waals surface area (Å²) in [5, 5.41) is 3.80. The van der Waals surface area contributed by atoms with Crippen molar-refractivity contribution in [1.29, 1.82) is 0 Å². The number of carbonyl (C=O) groups excluding carboxylic acids is 2. The molecule has 0 saturated carbocycles. The van der Waals surface area contributed by atoms with Crippen molar-refractivity contribution in [1.82, 2.24) is 15.0 Å². The van der Waals surface area contributed by atoms with E-state index in [2.05, 4.69) is 5.16 Å². The number of ether oxygens (including phenoxy) is 1. The molecule has 1 fully saturated rings. The van der Waals surface area contributed by atoms with Crippen molar-refractivity contribution in [2.75, 3.05) is 32.8 Å². The van der Waals surface area contributed by atoms with E-state index in [9.17, 15) is 9.59 Å². The topological polar surface area (TPSA) is 89.0 Å². The molecule has 2 aromatic heterocycles. The highest BCUT2D eigenvalue weighted by Gasteiger charge is 2.27. The van der Waals surface area contributed by atoms with Crippen molar-refractivity contribution in [3.05, 3.63) is 30.2 Å². The zero-order valence-corrected chi connectivity index (χ0v) is 12.7. The van der Waals surface area contributed by atoms with Gasteiger partial charge in [0.25, 0.3) is 5.91 Å². The van der Waals surface area contributed by atoms with E-state index in [0.717, 1.165) is 0 Å². The first-order valence-corrected chi connectivity index (χ1v) is 7.40. The van der Waals surface area contributed by atoms with Crippen LogP contribution >= 0.6 is 0 Å². The van der Waals surface area contributed by atoms with Crippen LogP contribution in [0.3, 0.4) is 0 Å². The Hall–Kier alpha value is -2.77. The van der Waals surface area contributed by atoms with Gasteiger partial charge in [-0.15, -0.1) is 0 Å². The monoisotopic (exact) mass is 319 g/mol. The van der Waals surface area contributed by atoms with Crippen molar-refractivity contribution >= 4 is 12.0 Å². The third-order valence-corrected chi connectivity index (χ3v) is 3.59. The predicted molar refractivity (Wildman–Crippen MR) is 78.7 cm³/mol. The fourth-order valence-electron chi connectivity index (χ4n) is 2.38. The first kappa shape index (κ1) is 15.1. The van der Waals surface area contributed by atoms with Crippen LogP contribution in [0.15, 0.2) is 33.4 Å². The molecular weight excluding hydrogens is 302 g/mol. The van der Waals surface area contributed by atoms with Crippen LogP contribution in [0.1, 0.15) is 17.4 Å². The van der Waals surface area contributed by atoms with E-state index in [1.807, 2.05) is 0 Å². The molecule has 1 saturated heterocycles. The van der Waals surface area contributed by atoms with Crippen molar-refractivity contribution < 1.29 is 23.3 Å². The average molecular weight is 319 g/mol. The number of piperazine rings is 1. The zero-order chi connectivity index (χ0) is 16.2. The minimum absolute atomic E-state index is 0.223. The molecule has 23 heavy (non-hydrogen) atoms. The summed E-state index contributed by atoms with van der Waals surface area (Å²) < 4.78 is 15.3. The Morgan fingerprint density at radius 2 is 1.96 bits per heavy atom. The highest BCUT2D eigenvalue weighted by Crippen LogP contribution is 2.21. The van der Waals surface area contributed by atoms with Gasteiger partial charge in [-0.25, -0.2) is 4.79 Å². The Labute approximate surface area is 132 Å². The summed E-state index contributed by atoms with van der Waals surface area (Å²) in [5.41, 5.74) is 0.223. The summed E-state index contributed by atoms with van der Waals surface area (Å²) >= 11 is 0. The fraction of sp³-hybridized carbons (Fsp3) is 0.400. The number of hydrogen-bond acceptors (Lipinski definition) is 6. The fourth-order valence-corrected chi connectivity index (χ4v) is 2.38. The Balaban J connectivity index is 1.60. The van der Waals surface area contributed by atoms with E-state index in [1.165, 1.54) is 6.26 Å². The zero-order valence-electron chi connectivity index (χ0n) is 12.7. The quantitative estimate of drug-likeness (QED) is 0.857. The molecule has 8 nitrogen and oxygen atoms in total. The van der Waals surface area contributed by atoms with Gasteiger partial charge in [0, 0.05) is 32.2 Å². The van der Waals surface area contributed by atoms with E-state index in [4.69, 9.17) is 13.7 Å². The summed E-state index contributed by atoms with van der Waals surface area (Å²) in [4.78, 5) is 27.3. The number of carbonyl (C=O) groups is 2. The molecule has 3 heterocycles. The molecule has 0 aliphatic carbocycles. The molecule has 0 spiro atoms. The van der Waals surface area contributed by atoms with E-state index in [1.54, 1.807) is 34.9 Å². The SMILES string of the molecule is CCOC(=O)N1CCN(C(=O)c2cc(-c3ccco3)on2)CC1. The Morgan fingerprint density at radius 1 is 1.22 bits per heavy atom. The molecule has 1 aliphatic rings. The van der Waals surface area contributed by atoms with Crippen LogP contribution in [0.5, 0.6) is 0 Å². The second-order valence-electron chi connectivity index (χ2n) is 5.03. The lowest BCUT2D eigenvalue weighted by Crippen LogP contribution is -2.50. The molecule has 3 rings (SSSR count). The van der Waals surface area contributed by atoms with E-state index >= 15 is 0 Å². The largest absolute Gasteiger partial charge is 0.461 e. The minimum atomic E-state index is -0.346. The lowest BCUT2D eigenvalue weighted by Gasteiger charge is -2.33. The third kappa shape index (κ3) is 3.20. The minimum Gasteiger partial charge on any atom is -0.461 e. The van der Waals surface area contributed by atoms with Crippen molar-refractivity contribution in [3.63, 3.8) is 0 Å². The molecule has 0 bridgehead atoms. The van der Waals surface area contributed by atoms with Gasteiger partial charge in [0.15, 0.2) is 11.5 Å². The maximum Gasteiger partial charge on any atom is 0.409 e. The molecule has 0 atom stereocenters. The van der Waals surface area contributed by atoms with Crippen LogP contribution < -0.4 is 0 Å².